The van der Waals surface area contributed by atoms with Gasteiger partial charge in [-0.15, -0.1) is 0 Å². The van der Waals surface area contributed by atoms with Crippen LogP contribution >= 0.6 is 0 Å². The molecule has 0 spiro atoms. The zero-order valence-corrected chi connectivity index (χ0v) is 14.8. The van der Waals surface area contributed by atoms with E-state index in [1.165, 1.54) is 37.7 Å². The lowest BCUT2D eigenvalue weighted by atomic mass is 9.48. The van der Waals surface area contributed by atoms with Gasteiger partial charge in [0.15, 0.2) is 0 Å². The first-order valence-corrected chi connectivity index (χ1v) is 10.1. The third-order valence-electron chi connectivity index (χ3n) is 7.42. The molecule has 0 radical (unpaired) electrons. The summed E-state index contributed by atoms with van der Waals surface area (Å²) >= 11 is 0. The molecule has 1 aromatic rings. The molecule has 126 valence electrons. The zero-order valence-electron chi connectivity index (χ0n) is 14.8. The van der Waals surface area contributed by atoms with E-state index in [-0.39, 0.29) is 0 Å². The highest BCUT2D eigenvalue weighted by molar-refractivity contribution is 5.09. The van der Waals surface area contributed by atoms with Gasteiger partial charge in [-0.25, -0.2) is 0 Å². The van der Waals surface area contributed by atoms with Crippen molar-refractivity contribution >= 4 is 0 Å². The highest BCUT2D eigenvalue weighted by atomic mass is 14.6. The zero-order chi connectivity index (χ0) is 15.7. The van der Waals surface area contributed by atoms with Crippen LogP contribution in [-0.2, 0) is 6.42 Å². The molecule has 5 rings (SSSR count). The van der Waals surface area contributed by atoms with Gasteiger partial charge in [-0.2, -0.15) is 0 Å². The van der Waals surface area contributed by atoms with E-state index in [0.717, 1.165) is 29.1 Å². The van der Waals surface area contributed by atoms with E-state index < -0.39 is 0 Å². The first-order valence-electron chi connectivity index (χ1n) is 10.1. The fourth-order valence-electron chi connectivity index (χ4n) is 6.58. The average molecular weight is 312 g/mol. The van der Waals surface area contributed by atoms with Gasteiger partial charge in [-0.05, 0) is 111 Å². The Hall–Kier alpha value is -0.850. The summed E-state index contributed by atoms with van der Waals surface area (Å²) in [4.78, 5) is 4.14. The minimum Gasteiger partial charge on any atom is -0.265 e. The molecule has 0 amide bonds. The minimum atomic E-state index is 0.777. The Balaban J connectivity index is 1.30. The van der Waals surface area contributed by atoms with Crippen molar-refractivity contribution in [3.8, 4) is 0 Å². The molecule has 4 aliphatic carbocycles. The highest BCUT2D eigenvalue weighted by Gasteiger charge is 2.50. The summed E-state index contributed by atoms with van der Waals surface area (Å²) in [5, 5.41) is 0. The Kier molecular flexibility index (Phi) is 4.48. The first-order chi connectivity index (χ1) is 11.2. The summed E-state index contributed by atoms with van der Waals surface area (Å²) in [6, 6.07) is 4.37. The van der Waals surface area contributed by atoms with Crippen LogP contribution in [0, 0.1) is 29.1 Å². The molecule has 0 N–H and O–H groups in total. The standard InChI is InChI=1S/C22H33N/c1-2-17(3-4-18-6-9-23-10-7-18)5-8-22-14-19-11-20(15-22)13-21(12-19)16-22/h6-7,9-10,17,19-21H,2-5,8,11-16H2,1H3. The van der Waals surface area contributed by atoms with Crippen LogP contribution in [0.2, 0.25) is 0 Å². The van der Waals surface area contributed by atoms with Crippen molar-refractivity contribution in [3.05, 3.63) is 30.1 Å². The highest BCUT2D eigenvalue weighted by Crippen LogP contribution is 2.61. The molecule has 4 bridgehead atoms. The first kappa shape index (κ1) is 15.7. The summed E-state index contributed by atoms with van der Waals surface area (Å²) in [5.74, 6) is 4.26. The maximum absolute atomic E-state index is 4.14. The van der Waals surface area contributed by atoms with E-state index in [4.69, 9.17) is 0 Å². The van der Waals surface area contributed by atoms with Crippen LogP contribution in [0.1, 0.15) is 76.7 Å². The van der Waals surface area contributed by atoms with Crippen LogP contribution in [0.4, 0.5) is 0 Å². The van der Waals surface area contributed by atoms with E-state index in [2.05, 4.69) is 24.0 Å². The Bertz CT molecular complexity index is 471. The Labute approximate surface area is 142 Å². The molecular weight excluding hydrogens is 278 g/mol. The molecule has 1 heterocycles. The number of hydrogen-bond acceptors (Lipinski definition) is 1. The van der Waals surface area contributed by atoms with Crippen molar-refractivity contribution in [2.45, 2.75) is 77.6 Å². The van der Waals surface area contributed by atoms with E-state index in [1.54, 1.807) is 38.5 Å². The predicted molar refractivity (Wildman–Crippen MR) is 96.2 cm³/mol. The van der Waals surface area contributed by atoms with E-state index in [9.17, 15) is 0 Å². The lowest BCUT2D eigenvalue weighted by molar-refractivity contribution is -0.0602. The van der Waals surface area contributed by atoms with Crippen LogP contribution < -0.4 is 0 Å². The van der Waals surface area contributed by atoms with Gasteiger partial charge in [0.1, 0.15) is 0 Å². The molecule has 0 aliphatic heterocycles. The van der Waals surface area contributed by atoms with Gasteiger partial charge in [0.05, 0.1) is 0 Å². The molecule has 0 aromatic carbocycles. The van der Waals surface area contributed by atoms with Gasteiger partial charge in [-0.1, -0.05) is 13.3 Å². The summed E-state index contributed by atoms with van der Waals surface area (Å²) in [6.07, 6.45) is 20.3. The van der Waals surface area contributed by atoms with Gasteiger partial charge in [0.2, 0.25) is 0 Å². The number of hydrogen-bond donors (Lipinski definition) is 0. The minimum absolute atomic E-state index is 0.777. The molecule has 23 heavy (non-hydrogen) atoms. The maximum Gasteiger partial charge on any atom is 0.0270 e. The number of aromatic nitrogens is 1. The second-order valence-corrected chi connectivity index (χ2v) is 9.12. The number of nitrogens with zero attached hydrogens (tertiary/aromatic N) is 1. The topological polar surface area (TPSA) is 12.9 Å². The molecule has 4 fully saturated rings. The van der Waals surface area contributed by atoms with Crippen molar-refractivity contribution in [1.29, 1.82) is 0 Å². The largest absolute Gasteiger partial charge is 0.265 e. The van der Waals surface area contributed by atoms with Gasteiger partial charge in [0.25, 0.3) is 0 Å². The van der Waals surface area contributed by atoms with Crippen molar-refractivity contribution in [3.63, 3.8) is 0 Å². The predicted octanol–water partition coefficient (Wildman–Crippen LogP) is 6.04. The van der Waals surface area contributed by atoms with Crippen molar-refractivity contribution in [1.82, 2.24) is 4.98 Å². The van der Waals surface area contributed by atoms with Crippen molar-refractivity contribution in [2.24, 2.45) is 29.1 Å². The van der Waals surface area contributed by atoms with Crippen molar-refractivity contribution in [2.75, 3.05) is 0 Å². The van der Waals surface area contributed by atoms with Crippen LogP contribution in [-0.4, -0.2) is 4.98 Å². The Morgan fingerprint density at radius 3 is 2.17 bits per heavy atom. The van der Waals surface area contributed by atoms with Gasteiger partial charge >= 0.3 is 0 Å². The van der Waals surface area contributed by atoms with Gasteiger partial charge < -0.3 is 0 Å². The van der Waals surface area contributed by atoms with E-state index in [0.29, 0.717) is 0 Å². The lowest BCUT2D eigenvalue weighted by Gasteiger charge is -2.57. The molecule has 1 nitrogen and oxygen atoms in total. The normalized spacial score (nSPS) is 36.3. The molecule has 4 aliphatic rings. The number of rotatable bonds is 7. The van der Waals surface area contributed by atoms with Crippen LogP contribution in [0.25, 0.3) is 0 Å². The fraction of sp³-hybridized carbons (Fsp3) is 0.773. The molecule has 1 heteroatoms. The second-order valence-electron chi connectivity index (χ2n) is 9.12. The monoisotopic (exact) mass is 311 g/mol. The van der Waals surface area contributed by atoms with E-state index in [1.807, 2.05) is 12.4 Å². The Morgan fingerprint density at radius 1 is 1.00 bits per heavy atom. The summed E-state index contributed by atoms with van der Waals surface area (Å²) in [7, 11) is 0. The van der Waals surface area contributed by atoms with Gasteiger partial charge in [-0.3, -0.25) is 4.98 Å². The summed E-state index contributed by atoms with van der Waals surface area (Å²) < 4.78 is 0. The molecule has 1 aromatic heterocycles. The van der Waals surface area contributed by atoms with Gasteiger partial charge in [0, 0.05) is 12.4 Å². The number of aryl methyl sites for hydroxylation is 1. The quantitative estimate of drug-likeness (QED) is 0.598. The fourth-order valence-corrected chi connectivity index (χ4v) is 6.58. The molecule has 4 saturated carbocycles. The lowest BCUT2D eigenvalue weighted by Crippen LogP contribution is -2.46. The second kappa shape index (κ2) is 6.57. The smallest absolute Gasteiger partial charge is 0.0270 e. The molecule has 1 atom stereocenters. The molecular formula is C22H33N. The van der Waals surface area contributed by atoms with E-state index >= 15 is 0 Å². The Morgan fingerprint density at radius 2 is 1.61 bits per heavy atom. The third kappa shape index (κ3) is 3.49. The maximum atomic E-state index is 4.14. The summed E-state index contributed by atoms with van der Waals surface area (Å²) in [5.41, 5.74) is 2.24. The van der Waals surface area contributed by atoms with Crippen LogP contribution in [0.5, 0.6) is 0 Å². The molecule has 1 unspecified atom stereocenters. The third-order valence-corrected chi connectivity index (χ3v) is 7.42. The average Bonchev–Trinajstić information content (AvgIpc) is 2.55. The number of pyridine rings is 1. The summed E-state index contributed by atoms with van der Waals surface area (Å²) in [6.45, 7) is 2.40. The van der Waals surface area contributed by atoms with Crippen LogP contribution in [0.15, 0.2) is 24.5 Å². The SMILES string of the molecule is CCC(CCc1ccncc1)CCC12CC3CC(CC(C3)C1)C2. The molecule has 0 saturated heterocycles. The van der Waals surface area contributed by atoms with Crippen LogP contribution in [0.3, 0.4) is 0 Å². The van der Waals surface area contributed by atoms with Crippen molar-refractivity contribution < 1.29 is 0 Å².